The van der Waals surface area contributed by atoms with Gasteiger partial charge in [0, 0.05) is 11.4 Å². The standard InChI is InChI=1S/C24H26N2O2/c27-24(28)23-13-5-6-16-25(23)17-7-8-18-26-21-11-3-1-9-19(21)14-15-20-10-2-4-12-22(20)26/h1-4,9-12,23H,5-6,13-18H2,(H,27,28). The lowest BCUT2D eigenvalue weighted by Gasteiger charge is -2.31. The Morgan fingerprint density at radius 2 is 1.54 bits per heavy atom. The maximum absolute atomic E-state index is 11.5. The van der Waals surface area contributed by atoms with E-state index in [1.807, 2.05) is 4.90 Å². The molecule has 0 aliphatic carbocycles. The van der Waals surface area contributed by atoms with Crippen molar-refractivity contribution in [3.05, 3.63) is 59.7 Å². The van der Waals surface area contributed by atoms with Gasteiger partial charge in [-0.05, 0) is 55.5 Å². The predicted octanol–water partition coefficient (Wildman–Crippen LogP) is 3.87. The van der Waals surface area contributed by atoms with Crippen molar-refractivity contribution in [2.45, 2.75) is 38.1 Å². The molecule has 1 atom stereocenters. The molecule has 1 unspecified atom stereocenters. The first-order chi connectivity index (χ1) is 13.7. The molecule has 0 amide bonds. The average molecular weight is 374 g/mol. The summed E-state index contributed by atoms with van der Waals surface area (Å²) in [6.07, 6.45) is 4.83. The van der Waals surface area contributed by atoms with Crippen LogP contribution in [0, 0.1) is 11.8 Å². The lowest BCUT2D eigenvalue weighted by atomic mass is 10.0. The van der Waals surface area contributed by atoms with Crippen molar-refractivity contribution in [1.82, 2.24) is 4.90 Å². The normalized spacial score (nSPS) is 19.0. The van der Waals surface area contributed by atoms with E-state index in [2.05, 4.69) is 65.3 Å². The number of para-hydroxylation sites is 2. The minimum absolute atomic E-state index is 0.386. The molecule has 1 fully saturated rings. The quantitative estimate of drug-likeness (QED) is 0.829. The SMILES string of the molecule is O=C(O)C1CCCCN1CC#CCN1c2ccccc2CCc2ccccc21. The molecule has 0 bridgehead atoms. The molecule has 2 aliphatic heterocycles. The molecule has 0 spiro atoms. The zero-order valence-corrected chi connectivity index (χ0v) is 16.1. The first kappa shape index (κ1) is 18.6. The molecule has 2 heterocycles. The molecule has 4 rings (SSSR count). The Morgan fingerprint density at radius 3 is 2.18 bits per heavy atom. The van der Waals surface area contributed by atoms with E-state index in [4.69, 9.17) is 0 Å². The minimum Gasteiger partial charge on any atom is -0.480 e. The molecule has 4 nitrogen and oxygen atoms in total. The second-order valence-corrected chi connectivity index (χ2v) is 7.52. The average Bonchev–Trinajstić information content (AvgIpc) is 2.88. The number of aliphatic carboxylic acids is 1. The van der Waals surface area contributed by atoms with Gasteiger partial charge in [-0.2, -0.15) is 0 Å². The maximum Gasteiger partial charge on any atom is 0.320 e. The van der Waals surface area contributed by atoms with Crippen LogP contribution in [0.5, 0.6) is 0 Å². The van der Waals surface area contributed by atoms with Crippen LogP contribution in [0.25, 0.3) is 0 Å². The first-order valence-corrected chi connectivity index (χ1v) is 10.1. The van der Waals surface area contributed by atoms with E-state index < -0.39 is 5.97 Å². The van der Waals surface area contributed by atoms with Crippen LogP contribution < -0.4 is 4.90 Å². The Balaban J connectivity index is 1.54. The van der Waals surface area contributed by atoms with Crippen LogP contribution in [-0.2, 0) is 17.6 Å². The monoisotopic (exact) mass is 374 g/mol. The summed E-state index contributed by atoms with van der Waals surface area (Å²) in [5.41, 5.74) is 5.15. The van der Waals surface area contributed by atoms with E-state index >= 15 is 0 Å². The van der Waals surface area contributed by atoms with Crippen molar-refractivity contribution in [3.8, 4) is 11.8 Å². The van der Waals surface area contributed by atoms with Crippen molar-refractivity contribution < 1.29 is 9.90 Å². The highest BCUT2D eigenvalue weighted by Crippen LogP contribution is 2.35. The number of hydrogen-bond acceptors (Lipinski definition) is 3. The van der Waals surface area contributed by atoms with E-state index in [9.17, 15) is 9.90 Å². The highest BCUT2D eigenvalue weighted by atomic mass is 16.4. The number of piperidine rings is 1. The fourth-order valence-electron chi connectivity index (χ4n) is 4.29. The lowest BCUT2D eigenvalue weighted by molar-refractivity contribution is -0.144. The van der Waals surface area contributed by atoms with Crippen LogP contribution in [0.15, 0.2) is 48.5 Å². The third-order valence-corrected chi connectivity index (χ3v) is 5.77. The molecule has 2 aromatic carbocycles. The lowest BCUT2D eigenvalue weighted by Crippen LogP contribution is -2.44. The van der Waals surface area contributed by atoms with Crippen LogP contribution in [-0.4, -0.2) is 41.7 Å². The van der Waals surface area contributed by atoms with Crippen LogP contribution in [0.2, 0.25) is 0 Å². The number of likely N-dealkylation sites (tertiary alicyclic amines) is 1. The molecule has 28 heavy (non-hydrogen) atoms. The Labute approximate surface area is 166 Å². The van der Waals surface area contributed by atoms with Crippen molar-refractivity contribution >= 4 is 17.3 Å². The van der Waals surface area contributed by atoms with Crippen molar-refractivity contribution in [1.29, 1.82) is 0 Å². The molecule has 2 aromatic rings. The van der Waals surface area contributed by atoms with Gasteiger partial charge < -0.3 is 10.0 Å². The molecule has 144 valence electrons. The van der Waals surface area contributed by atoms with Gasteiger partial charge in [0.2, 0.25) is 0 Å². The van der Waals surface area contributed by atoms with Crippen LogP contribution in [0.1, 0.15) is 30.4 Å². The number of rotatable bonds is 3. The fourth-order valence-corrected chi connectivity index (χ4v) is 4.29. The summed E-state index contributed by atoms with van der Waals surface area (Å²) in [6.45, 7) is 1.95. The predicted molar refractivity (Wildman–Crippen MR) is 112 cm³/mol. The van der Waals surface area contributed by atoms with E-state index in [1.54, 1.807) is 0 Å². The van der Waals surface area contributed by atoms with Crippen LogP contribution >= 0.6 is 0 Å². The molecule has 0 saturated carbocycles. The van der Waals surface area contributed by atoms with Gasteiger partial charge in [-0.15, -0.1) is 0 Å². The topological polar surface area (TPSA) is 43.8 Å². The summed E-state index contributed by atoms with van der Waals surface area (Å²) < 4.78 is 0. The Kier molecular flexibility index (Phi) is 5.64. The van der Waals surface area contributed by atoms with Crippen LogP contribution in [0.3, 0.4) is 0 Å². The summed E-state index contributed by atoms with van der Waals surface area (Å²) in [7, 11) is 0. The largest absolute Gasteiger partial charge is 0.480 e. The van der Waals surface area contributed by atoms with Gasteiger partial charge in [-0.25, -0.2) is 0 Å². The first-order valence-electron chi connectivity index (χ1n) is 10.1. The number of benzene rings is 2. The molecule has 2 aliphatic rings. The Bertz CT molecular complexity index is 865. The summed E-state index contributed by atoms with van der Waals surface area (Å²) in [4.78, 5) is 15.8. The van der Waals surface area contributed by atoms with Crippen LogP contribution in [0.4, 0.5) is 11.4 Å². The summed E-state index contributed by atoms with van der Waals surface area (Å²) >= 11 is 0. The van der Waals surface area contributed by atoms with Gasteiger partial charge in [0.1, 0.15) is 6.04 Å². The van der Waals surface area contributed by atoms with Gasteiger partial charge in [0.15, 0.2) is 0 Å². The zero-order valence-electron chi connectivity index (χ0n) is 16.1. The molecule has 4 heteroatoms. The molecule has 1 saturated heterocycles. The van der Waals surface area contributed by atoms with Crippen molar-refractivity contribution in [3.63, 3.8) is 0 Å². The fraction of sp³-hybridized carbons (Fsp3) is 0.375. The van der Waals surface area contributed by atoms with Crippen molar-refractivity contribution in [2.75, 3.05) is 24.5 Å². The summed E-state index contributed by atoms with van der Waals surface area (Å²) in [5, 5.41) is 9.42. The second kappa shape index (κ2) is 8.50. The van der Waals surface area contributed by atoms with Gasteiger partial charge >= 0.3 is 5.97 Å². The van der Waals surface area contributed by atoms with E-state index in [1.165, 1.54) is 22.5 Å². The second-order valence-electron chi connectivity index (χ2n) is 7.52. The number of carbonyl (C=O) groups is 1. The third-order valence-electron chi connectivity index (χ3n) is 5.77. The number of nitrogens with zero attached hydrogens (tertiary/aromatic N) is 2. The zero-order chi connectivity index (χ0) is 19.3. The number of carboxylic acids is 1. The highest BCUT2D eigenvalue weighted by Gasteiger charge is 2.27. The number of anilines is 2. The maximum atomic E-state index is 11.5. The number of hydrogen-bond donors (Lipinski definition) is 1. The van der Waals surface area contributed by atoms with Gasteiger partial charge in [0.25, 0.3) is 0 Å². The van der Waals surface area contributed by atoms with E-state index in [0.717, 1.165) is 38.6 Å². The van der Waals surface area contributed by atoms with Gasteiger partial charge in [-0.1, -0.05) is 54.7 Å². The summed E-state index contributed by atoms with van der Waals surface area (Å²) in [6, 6.07) is 16.7. The smallest absolute Gasteiger partial charge is 0.320 e. The molecular formula is C24H26N2O2. The molecule has 0 aromatic heterocycles. The Morgan fingerprint density at radius 1 is 0.929 bits per heavy atom. The third kappa shape index (κ3) is 3.90. The molecule has 1 N–H and O–H groups in total. The molecule has 0 radical (unpaired) electrons. The van der Waals surface area contributed by atoms with Crippen molar-refractivity contribution in [2.24, 2.45) is 0 Å². The summed E-state index contributed by atoms with van der Waals surface area (Å²) in [5.74, 6) is 5.83. The number of fused-ring (bicyclic) bond motifs is 2. The minimum atomic E-state index is -0.725. The number of aryl methyl sites for hydroxylation is 2. The van der Waals surface area contributed by atoms with E-state index in [-0.39, 0.29) is 6.04 Å². The van der Waals surface area contributed by atoms with E-state index in [0.29, 0.717) is 13.1 Å². The van der Waals surface area contributed by atoms with Gasteiger partial charge in [-0.3, -0.25) is 9.69 Å². The molecular weight excluding hydrogens is 348 g/mol. The highest BCUT2D eigenvalue weighted by molar-refractivity contribution is 5.73. The number of carboxylic acid groups (broad SMARTS) is 1. The Hall–Kier alpha value is -2.77. The van der Waals surface area contributed by atoms with Gasteiger partial charge in [0.05, 0.1) is 13.1 Å².